The highest BCUT2D eigenvalue weighted by Crippen LogP contribution is 2.23. The van der Waals surface area contributed by atoms with Crippen LogP contribution in [0.15, 0.2) is 48.7 Å². The maximum Gasteiger partial charge on any atom is 0.142 e. The van der Waals surface area contributed by atoms with Gasteiger partial charge in [-0.3, -0.25) is 0 Å². The second-order valence-corrected chi connectivity index (χ2v) is 4.82. The second-order valence-electron chi connectivity index (χ2n) is 4.43. The lowest BCUT2D eigenvalue weighted by atomic mass is 10.2. The first-order valence-corrected chi connectivity index (χ1v) is 6.45. The smallest absolute Gasteiger partial charge is 0.142 e. The fourth-order valence-corrected chi connectivity index (χ4v) is 2.44. The Morgan fingerprint density at radius 1 is 1.16 bits per heavy atom. The van der Waals surface area contributed by atoms with Gasteiger partial charge in [0, 0.05) is 18.1 Å². The third-order valence-electron chi connectivity index (χ3n) is 3.15. The van der Waals surface area contributed by atoms with Crippen molar-refractivity contribution in [2.45, 2.75) is 13.2 Å². The number of fused-ring (bicyclic) bond motifs is 1. The van der Waals surface area contributed by atoms with E-state index < -0.39 is 0 Å². The van der Waals surface area contributed by atoms with Gasteiger partial charge in [-0.1, -0.05) is 41.9 Å². The molecule has 0 aliphatic rings. The molecule has 0 bridgehead atoms. The molecule has 2 aromatic heterocycles. The molecule has 96 valence electrons. The Morgan fingerprint density at radius 2 is 1.95 bits per heavy atom. The number of aliphatic hydroxyl groups is 1. The zero-order chi connectivity index (χ0) is 13.2. The molecule has 3 nitrogen and oxygen atoms in total. The first-order valence-electron chi connectivity index (χ1n) is 6.07. The molecule has 1 aromatic carbocycles. The highest BCUT2D eigenvalue weighted by atomic mass is 35.5. The average Bonchev–Trinajstić information content (AvgIpc) is 2.82. The van der Waals surface area contributed by atoms with Crippen LogP contribution < -0.4 is 0 Å². The van der Waals surface area contributed by atoms with E-state index in [0.717, 1.165) is 23.1 Å². The second kappa shape index (κ2) is 5.03. The number of aliphatic hydroxyl groups excluding tert-OH is 1. The van der Waals surface area contributed by atoms with Crippen LogP contribution in [0.4, 0.5) is 0 Å². The summed E-state index contributed by atoms with van der Waals surface area (Å²) in [6, 6.07) is 13.8. The maximum absolute atomic E-state index is 9.36. The summed E-state index contributed by atoms with van der Waals surface area (Å²) in [5.41, 5.74) is 2.81. The van der Waals surface area contributed by atoms with E-state index in [0.29, 0.717) is 5.15 Å². The molecule has 0 fully saturated rings. The number of benzene rings is 1. The number of hydrogen-bond acceptors (Lipinski definition) is 2. The van der Waals surface area contributed by atoms with Gasteiger partial charge in [0.1, 0.15) is 10.8 Å². The van der Waals surface area contributed by atoms with Gasteiger partial charge in [0.25, 0.3) is 0 Å². The van der Waals surface area contributed by atoms with Crippen molar-refractivity contribution < 1.29 is 5.11 Å². The minimum Gasteiger partial charge on any atom is -0.392 e. The molecule has 0 atom stereocenters. The van der Waals surface area contributed by atoms with Gasteiger partial charge in [-0.25, -0.2) is 4.98 Å². The fourth-order valence-electron chi connectivity index (χ4n) is 2.23. The van der Waals surface area contributed by atoms with E-state index in [1.807, 2.05) is 35.0 Å². The van der Waals surface area contributed by atoms with Crippen molar-refractivity contribution in [1.82, 2.24) is 9.55 Å². The van der Waals surface area contributed by atoms with Crippen molar-refractivity contribution >= 4 is 22.6 Å². The summed E-state index contributed by atoms with van der Waals surface area (Å²) in [6.45, 7) is 0.705. The minimum absolute atomic E-state index is 0.0336. The van der Waals surface area contributed by atoms with Gasteiger partial charge >= 0.3 is 0 Å². The lowest BCUT2D eigenvalue weighted by molar-refractivity contribution is 0.283. The molecule has 0 saturated heterocycles. The van der Waals surface area contributed by atoms with Gasteiger partial charge in [0.15, 0.2) is 0 Å². The summed E-state index contributed by atoms with van der Waals surface area (Å²) in [6.07, 6.45) is 1.97. The lowest BCUT2D eigenvalue weighted by Crippen LogP contribution is -2.00. The third-order valence-corrected chi connectivity index (χ3v) is 3.35. The zero-order valence-corrected chi connectivity index (χ0v) is 11.0. The summed E-state index contributed by atoms with van der Waals surface area (Å²) in [5.74, 6) is 0. The summed E-state index contributed by atoms with van der Waals surface area (Å²) in [5, 5.41) is 10.7. The summed E-state index contributed by atoms with van der Waals surface area (Å²) < 4.78 is 2.04. The molecule has 0 amide bonds. The molecule has 4 heteroatoms. The van der Waals surface area contributed by atoms with E-state index in [4.69, 9.17) is 11.6 Å². The monoisotopic (exact) mass is 272 g/mol. The van der Waals surface area contributed by atoms with Gasteiger partial charge in [-0.05, 0) is 23.3 Å². The zero-order valence-electron chi connectivity index (χ0n) is 10.3. The van der Waals surface area contributed by atoms with Crippen LogP contribution in [0.25, 0.3) is 11.0 Å². The molecule has 3 aromatic rings. The predicted octanol–water partition coefficient (Wildman–Crippen LogP) is 3.23. The van der Waals surface area contributed by atoms with Crippen molar-refractivity contribution in [2.75, 3.05) is 0 Å². The van der Waals surface area contributed by atoms with Crippen LogP contribution in [0.2, 0.25) is 5.15 Å². The van der Waals surface area contributed by atoms with Crippen LogP contribution >= 0.6 is 11.6 Å². The largest absolute Gasteiger partial charge is 0.392 e. The van der Waals surface area contributed by atoms with Crippen LogP contribution in [0.5, 0.6) is 0 Å². The van der Waals surface area contributed by atoms with Gasteiger partial charge in [0.2, 0.25) is 0 Å². The first kappa shape index (κ1) is 12.2. The fraction of sp³-hybridized carbons (Fsp3) is 0.133. The molecule has 0 unspecified atom stereocenters. The Kier molecular flexibility index (Phi) is 3.23. The Balaban J connectivity index is 2.08. The third kappa shape index (κ3) is 2.35. The highest BCUT2D eigenvalue weighted by Gasteiger charge is 2.09. The molecular formula is C15H13ClN2O. The Labute approximate surface area is 116 Å². The van der Waals surface area contributed by atoms with E-state index in [2.05, 4.69) is 17.1 Å². The highest BCUT2D eigenvalue weighted by molar-refractivity contribution is 6.29. The number of halogens is 1. The van der Waals surface area contributed by atoms with Crippen LogP contribution in [0.1, 0.15) is 11.1 Å². The number of aromatic nitrogens is 2. The van der Waals surface area contributed by atoms with Crippen LogP contribution in [0, 0.1) is 0 Å². The van der Waals surface area contributed by atoms with E-state index in [-0.39, 0.29) is 6.61 Å². The molecule has 3 rings (SSSR count). The topological polar surface area (TPSA) is 38.1 Å². The number of hydrogen-bond donors (Lipinski definition) is 1. The van der Waals surface area contributed by atoms with E-state index >= 15 is 0 Å². The summed E-state index contributed by atoms with van der Waals surface area (Å²) in [7, 11) is 0. The minimum atomic E-state index is -0.0336. The normalized spacial score (nSPS) is 11.1. The summed E-state index contributed by atoms with van der Waals surface area (Å²) >= 11 is 6.00. The first-order chi connectivity index (χ1) is 9.28. The van der Waals surface area contributed by atoms with Crippen molar-refractivity contribution in [3.8, 4) is 0 Å². The van der Waals surface area contributed by atoms with Crippen molar-refractivity contribution in [3.05, 3.63) is 64.9 Å². The van der Waals surface area contributed by atoms with E-state index in [1.54, 1.807) is 6.07 Å². The van der Waals surface area contributed by atoms with Crippen molar-refractivity contribution in [1.29, 1.82) is 0 Å². The molecular weight excluding hydrogens is 260 g/mol. The van der Waals surface area contributed by atoms with Crippen molar-refractivity contribution in [3.63, 3.8) is 0 Å². The molecule has 1 N–H and O–H groups in total. The Morgan fingerprint density at radius 3 is 2.68 bits per heavy atom. The molecule has 0 radical (unpaired) electrons. The molecule has 0 spiro atoms. The van der Waals surface area contributed by atoms with Gasteiger partial charge in [-0.2, -0.15) is 0 Å². The standard InChI is InChI=1S/C15H13ClN2O/c16-14-8-12(10-19)13-6-7-18(15(13)17-14)9-11-4-2-1-3-5-11/h1-8,19H,9-10H2. The Hall–Kier alpha value is -1.84. The molecule has 19 heavy (non-hydrogen) atoms. The van der Waals surface area contributed by atoms with Crippen LogP contribution in [-0.4, -0.2) is 14.7 Å². The van der Waals surface area contributed by atoms with E-state index in [9.17, 15) is 5.11 Å². The average molecular weight is 273 g/mol. The van der Waals surface area contributed by atoms with Crippen molar-refractivity contribution in [2.24, 2.45) is 0 Å². The van der Waals surface area contributed by atoms with Gasteiger partial charge < -0.3 is 9.67 Å². The molecule has 0 aliphatic heterocycles. The van der Waals surface area contributed by atoms with E-state index in [1.165, 1.54) is 5.56 Å². The predicted molar refractivity (Wildman–Crippen MR) is 76.2 cm³/mol. The Bertz CT molecular complexity index is 707. The van der Waals surface area contributed by atoms with Crippen LogP contribution in [0.3, 0.4) is 0 Å². The number of nitrogens with zero attached hydrogens (tertiary/aromatic N) is 2. The van der Waals surface area contributed by atoms with Gasteiger partial charge in [0.05, 0.1) is 6.61 Å². The number of pyridine rings is 1. The molecule has 2 heterocycles. The molecule has 0 saturated carbocycles. The quantitative estimate of drug-likeness (QED) is 0.744. The molecule has 0 aliphatic carbocycles. The van der Waals surface area contributed by atoms with Gasteiger partial charge in [-0.15, -0.1) is 0 Å². The maximum atomic E-state index is 9.36. The number of rotatable bonds is 3. The lowest BCUT2D eigenvalue weighted by Gasteiger charge is -2.06. The summed E-state index contributed by atoms with van der Waals surface area (Å²) in [4.78, 5) is 4.36. The SMILES string of the molecule is OCc1cc(Cl)nc2c1ccn2Cc1ccccc1. The van der Waals surface area contributed by atoms with Crippen LogP contribution in [-0.2, 0) is 13.2 Å².